The van der Waals surface area contributed by atoms with Gasteiger partial charge in [-0.25, -0.2) is 0 Å². The first-order chi connectivity index (χ1) is 4.84. The van der Waals surface area contributed by atoms with Crippen molar-refractivity contribution in [2.75, 3.05) is 0 Å². The molecule has 1 heterocycles. The van der Waals surface area contributed by atoms with Crippen molar-refractivity contribution in [1.29, 1.82) is 0 Å². The van der Waals surface area contributed by atoms with E-state index in [2.05, 4.69) is 11.6 Å². The molecule has 2 heteroatoms. The van der Waals surface area contributed by atoms with Gasteiger partial charge in [-0.15, -0.1) is 0 Å². The molecular weight excluding hydrogens is 126 g/mol. The Morgan fingerprint density at radius 1 is 1.50 bits per heavy atom. The first-order valence-corrected chi connectivity index (χ1v) is 2.91. The molecular formula is C8H7NO. The van der Waals surface area contributed by atoms with Crippen LogP contribution in [-0.4, -0.2) is 10.8 Å². The van der Waals surface area contributed by atoms with Crippen LogP contribution in [0.1, 0.15) is 10.4 Å². The van der Waals surface area contributed by atoms with Gasteiger partial charge in [-0.1, -0.05) is 6.58 Å². The van der Waals surface area contributed by atoms with Gasteiger partial charge in [-0.3, -0.25) is 9.78 Å². The van der Waals surface area contributed by atoms with Crippen LogP contribution in [0.4, 0.5) is 0 Å². The van der Waals surface area contributed by atoms with E-state index in [1.165, 1.54) is 6.08 Å². The zero-order chi connectivity index (χ0) is 7.40. The summed E-state index contributed by atoms with van der Waals surface area (Å²) in [5.41, 5.74) is 0.630. The van der Waals surface area contributed by atoms with Crippen molar-refractivity contribution in [1.82, 2.24) is 4.98 Å². The third-order valence-corrected chi connectivity index (χ3v) is 1.15. The minimum Gasteiger partial charge on any atom is -0.289 e. The highest BCUT2D eigenvalue weighted by Gasteiger charge is 1.96. The van der Waals surface area contributed by atoms with Crippen molar-refractivity contribution in [2.24, 2.45) is 0 Å². The summed E-state index contributed by atoms with van der Waals surface area (Å²) in [6.45, 7) is 3.37. The lowest BCUT2D eigenvalue weighted by molar-refractivity contribution is 0.104. The Hall–Kier alpha value is -1.44. The molecule has 0 saturated heterocycles. The highest BCUT2D eigenvalue weighted by atomic mass is 16.1. The summed E-state index contributed by atoms with van der Waals surface area (Å²) in [6, 6.07) is 3.31. The molecule has 1 rings (SSSR count). The molecule has 0 amide bonds. The quantitative estimate of drug-likeness (QED) is 0.451. The molecule has 0 radical (unpaired) electrons. The first kappa shape index (κ1) is 6.68. The Balaban J connectivity index is 2.95. The molecule has 50 valence electrons. The molecule has 0 fully saturated rings. The van der Waals surface area contributed by atoms with Gasteiger partial charge in [0.25, 0.3) is 0 Å². The molecule has 0 aromatic carbocycles. The van der Waals surface area contributed by atoms with Crippen LogP contribution < -0.4 is 0 Å². The Morgan fingerprint density at radius 3 is 2.60 bits per heavy atom. The first-order valence-electron chi connectivity index (χ1n) is 2.91. The van der Waals surface area contributed by atoms with Gasteiger partial charge in [0.1, 0.15) is 0 Å². The van der Waals surface area contributed by atoms with Gasteiger partial charge in [0.2, 0.25) is 0 Å². The summed E-state index contributed by atoms with van der Waals surface area (Å²) in [5.74, 6) is -0.0672. The van der Waals surface area contributed by atoms with Crippen LogP contribution in [0.2, 0.25) is 0 Å². The van der Waals surface area contributed by atoms with Crippen molar-refractivity contribution >= 4 is 5.78 Å². The van der Waals surface area contributed by atoms with Gasteiger partial charge >= 0.3 is 0 Å². The second-order valence-electron chi connectivity index (χ2n) is 1.80. The van der Waals surface area contributed by atoms with E-state index in [0.29, 0.717) is 5.56 Å². The summed E-state index contributed by atoms with van der Waals surface area (Å²) in [6.07, 6.45) is 4.45. The van der Waals surface area contributed by atoms with E-state index >= 15 is 0 Å². The van der Waals surface area contributed by atoms with Gasteiger partial charge in [0, 0.05) is 18.0 Å². The minimum absolute atomic E-state index is 0.0672. The number of hydrogen-bond acceptors (Lipinski definition) is 2. The lowest BCUT2D eigenvalue weighted by Crippen LogP contribution is -1.91. The summed E-state index contributed by atoms with van der Waals surface area (Å²) in [4.78, 5) is 14.6. The van der Waals surface area contributed by atoms with Crippen molar-refractivity contribution in [3.63, 3.8) is 0 Å². The maximum Gasteiger partial charge on any atom is 0.185 e. The van der Waals surface area contributed by atoms with Gasteiger partial charge in [0.05, 0.1) is 0 Å². The topological polar surface area (TPSA) is 30.0 Å². The zero-order valence-electron chi connectivity index (χ0n) is 5.45. The fourth-order valence-corrected chi connectivity index (χ4v) is 0.634. The maximum atomic E-state index is 10.9. The second-order valence-corrected chi connectivity index (χ2v) is 1.80. The minimum atomic E-state index is -0.0672. The fraction of sp³-hybridized carbons (Fsp3) is 0. The van der Waals surface area contributed by atoms with Crippen molar-refractivity contribution in [2.45, 2.75) is 0 Å². The lowest BCUT2D eigenvalue weighted by atomic mass is 10.2. The van der Waals surface area contributed by atoms with Crippen molar-refractivity contribution in [3.05, 3.63) is 42.7 Å². The van der Waals surface area contributed by atoms with E-state index in [4.69, 9.17) is 0 Å². The Kier molecular flexibility index (Phi) is 1.95. The molecule has 1 aromatic rings. The Labute approximate surface area is 59.2 Å². The number of rotatable bonds is 2. The highest BCUT2D eigenvalue weighted by Crippen LogP contribution is 1.97. The number of aromatic nitrogens is 1. The number of carbonyl (C=O) groups excluding carboxylic acids is 1. The van der Waals surface area contributed by atoms with Crippen molar-refractivity contribution in [3.8, 4) is 0 Å². The number of carbonyl (C=O) groups is 1. The van der Waals surface area contributed by atoms with E-state index in [0.717, 1.165) is 0 Å². The number of hydrogen-bond donors (Lipinski definition) is 0. The van der Waals surface area contributed by atoms with E-state index in [9.17, 15) is 4.79 Å². The van der Waals surface area contributed by atoms with E-state index in [-0.39, 0.29) is 5.78 Å². The molecule has 1 aromatic heterocycles. The SMILES string of the molecule is C=CC(=O)c1ccncc1. The largest absolute Gasteiger partial charge is 0.289 e. The molecule has 10 heavy (non-hydrogen) atoms. The number of ketones is 1. The van der Waals surface area contributed by atoms with Crippen molar-refractivity contribution < 1.29 is 4.79 Å². The van der Waals surface area contributed by atoms with Crippen LogP contribution >= 0.6 is 0 Å². The summed E-state index contributed by atoms with van der Waals surface area (Å²) >= 11 is 0. The van der Waals surface area contributed by atoms with Gasteiger partial charge < -0.3 is 0 Å². The normalized spacial score (nSPS) is 8.80. The molecule has 0 aliphatic carbocycles. The lowest BCUT2D eigenvalue weighted by Gasteiger charge is -1.90. The number of pyridine rings is 1. The van der Waals surface area contributed by atoms with Crippen LogP contribution in [-0.2, 0) is 0 Å². The van der Waals surface area contributed by atoms with E-state index < -0.39 is 0 Å². The molecule has 0 unspecified atom stereocenters. The predicted octanol–water partition coefficient (Wildman–Crippen LogP) is 1.45. The number of allylic oxidation sites excluding steroid dienone is 1. The van der Waals surface area contributed by atoms with Crippen LogP contribution in [0.15, 0.2) is 37.2 Å². The molecule has 2 nitrogen and oxygen atoms in total. The maximum absolute atomic E-state index is 10.9. The van der Waals surface area contributed by atoms with Gasteiger partial charge in [-0.2, -0.15) is 0 Å². The molecule has 0 bridgehead atoms. The second kappa shape index (κ2) is 2.92. The van der Waals surface area contributed by atoms with Crippen LogP contribution in [0, 0.1) is 0 Å². The molecule has 0 saturated carbocycles. The highest BCUT2D eigenvalue weighted by molar-refractivity contribution is 6.03. The smallest absolute Gasteiger partial charge is 0.185 e. The molecule has 0 aliphatic rings. The summed E-state index contributed by atoms with van der Waals surface area (Å²) in [7, 11) is 0. The predicted molar refractivity (Wildman–Crippen MR) is 38.8 cm³/mol. The van der Waals surface area contributed by atoms with Crippen LogP contribution in [0.25, 0.3) is 0 Å². The summed E-state index contributed by atoms with van der Waals surface area (Å²) in [5, 5.41) is 0. The molecule has 0 aliphatic heterocycles. The van der Waals surface area contributed by atoms with E-state index in [1.807, 2.05) is 0 Å². The summed E-state index contributed by atoms with van der Waals surface area (Å²) < 4.78 is 0. The zero-order valence-corrected chi connectivity index (χ0v) is 5.45. The molecule has 0 spiro atoms. The van der Waals surface area contributed by atoms with Crippen LogP contribution in [0.5, 0.6) is 0 Å². The molecule has 0 N–H and O–H groups in total. The third kappa shape index (κ3) is 1.29. The average Bonchev–Trinajstić information content (AvgIpc) is 2.05. The van der Waals surface area contributed by atoms with Gasteiger partial charge in [-0.05, 0) is 18.2 Å². The number of nitrogens with zero attached hydrogens (tertiary/aromatic N) is 1. The Bertz CT molecular complexity index is 241. The van der Waals surface area contributed by atoms with Crippen LogP contribution in [0.3, 0.4) is 0 Å². The fourth-order valence-electron chi connectivity index (χ4n) is 0.634. The molecule has 0 atom stereocenters. The third-order valence-electron chi connectivity index (χ3n) is 1.15. The monoisotopic (exact) mass is 133 g/mol. The standard InChI is InChI=1S/C8H7NO/c1-2-8(10)7-3-5-9-6-4-7/h2-6H,1H2. The Morgan fingerprint density at radius 2 is 2.10 bits per heavy atom. The van der Waals surface area contributed by atoms with E-state index in [1.54, 1.807) is 24.5 Å². The average molecular weight is 133 g/mol. The van der Waals surface area contributed by atoms with Gasteiger partial charge in [0.15, 0.2) is 5.78 Å².